The summed E-state index contributed by atoms with van der Waals surface area (Å²) in [6.07, 6.45) is 9.14. The van der Waals surface area contributed by atoms with E-state index >= 15 is 0 Å². The second kappa shape index (κ2) is 5.53. The molecule has 0 radical (unpaired) electrons. The zero-order valence-corrected chi connectivity index (χ0v) is 10.1. The summed E-state index contributed by atoms with van der Waals surface area (Å²) < 4.78 is 5.36. The van der Waals surface area contributed by atoms with E-state index in [2.05, 4.69) is 28.5 Å². The van der Waals surface area contributed by atoms with Crippen molar-refractivity contribution in [1.82, 2.24) is 10.3 Å². The van der Waals surface area contributed by atoms with Crippen molar-refractivity contribution in [2.45, 2.75) is 39.3 Å². The summed E-state index contributed by atoms with van der Waals surface area (Å²) in [6, 6.07) is 5.08. The molecule has 1 N–H and O–H groups in total. The van der Waals surface area contributed by atoms with Crippen molar-refractivity contribution in [2.75, 3.05) is 6.61 Å². The fourth-order valence-electron chi connectivity index (χ4n) is 2.76. The van der Waals surface area contributed by atoms with Gasteiger partial charge in [-0.15, -0.1) is 0 Å². The average molecular weight is 246 g/mol. The van der Waals surface area contributed by atoms with Gasteiger partial charge in [-0.2, -0.15) is 0 Å². The van der Waals surface area contributed by atoms with Crippen molar-refractivity contribution in [2.24, 2.45) is 5.92 Å². The van der Waals surface area contributed by atoms with Crippen LogP contribution in [-0.2, 0) is 0 Å². The number of piperidine rings is 1. The molecule has 1 fully saturated rings. The number of nitrogens with zero attached hydrogens (tertiary/aromatic N) is 1. The molecule has 3 aliphatic rings. The lowest BCUT2D eigenvalue weighted by Crippen LogP contribution is -2.43. The number of rotatable bonds is 3. The van der Waals surface area contributed by atoms with Crippen LogP contribution in [0.2, 0.25) is 0 Å². The van der Waals surface area contributed by atoms with Gasteiger partial charge in [-0.25, -0.2) is 4.98 Å². The van der Waals surface area contributed by atoms with E-state index in [0.29, 0.717) is 30.5 Å². The fourth-order valence-corrected chi connectivity index (χ4v) is 2.76. The molecule has 0 aromatic carbocycles. The second-order valence-corrected chi connectivity index (χ2v) is 4.74. The Morgan fingerprint density at radius 3 is 2.72 bits per heavy atom. The first kappa shape index (κ1) is 13.1. The summed E-state index contributed by atoms with van der Waals surface area (Å²) in [5.74, 6) is 1.34. The Labute approximate surface area is 109 Å². The zero-order chi connectivity index (χ0) is 11.7. The standard InChI is InChI=1S/C14H18N2O.CH4/c1-2-17-13-8-5-11(9-15-13)14-10-3-6-12(16-14)7-4-10;/h3,5-6,8-10,12,14,16H,2,4,7H2,1H3;1H4. The van der Waals surface area contributed by atoms with Crippen molar-refractivity contribution in [3.8, 4) is 5.88 Å². The van der Waals surface area contributed by atoms with E-state index in [9.17, 15) is 0 Å². The van der Waals surface area contributed by atoms with Crippen LogP contribution in [0, 0.1) is 5.92 Å². The van der Waals surface area contributed by atoms with Crippen molar-refractivity contribution in [3.63, 3.8) is 0 Å². The van der Waals surface area contributed by atoms with Crippen LogP contribution in [0.25, 0.3) is 0 Å². The fraction of sp³-hybridized carbons (Fsp3) is 0.533. The molecule has 1 aromatic rings. The summed E-state index contributed by atoms with van der Waals surface area (Å²) in [4.78, 5) is 4.34. The van der Waals surface area contributed by atoms with E-state index in [1.165, 1.54) is 18.4 Å². The quantitative estimate of drug-likeness (QED) is 0.832. The van der Waals surface area contributed by atoms with Crippen LogP contribution >= 0.6 is 0 Å². The minimum absolute atomic E-state index is 0. The molecule has 3 heterocycles. The topological polar surface area (TPSA) is 34.1 Å². The van der Waals surface area contributed by atoms with Gasteiger partial charge in [0.05, 0.1) is 6.61 Å². The first-order valence-electron chi connectivity index (χ1n) is 6.40. The van der Waals surface area contributed by atoms with E-state index in [1.807, 2.05) is 19.2 Å². The van der Waals surface area contributed by atoms with Gasteiger partial charge in [0, 0.05) is 24.3 Å². The van der Waals surface area contributed by atoms with Crippen LogP contribution in [0.4, 0.5) is 0 Å². The molecule has 1 aromatic heterocycles. The van der Waals surface area contributed by atoms with Gasteiger partial charge >= 0.3 is 0 Å². The third-order valence-electron chi connectivity index (χ3n) is 3.63. The Morgan fingerprint density at radius 2 is 2.22 bits per heavy atom. The van der Waals surface area contributed by atoms with E-state index in [1.54, 1.807) is 0 Å². The van der Waals surface area contributed by atoms with Crippen LogP contribution < -0.4 is 10.1 Å². The zero-order valence-electron chi connectivity index (χ0n) is 10.1. The van der Waals surface area contributed by atoms with Gasteiger partial charge in [-0.3, -0.25) is 0 Å². The van der Waals surface area contributed by atoms with Crippen molar-refractivity contribution < 1.29 is 4.74 Å². The van der Waals surface area contributed by atoms with Crippen LogP contribution in [0.15, 0.2) is 30.5 Å². The average Bonchev–Trinajstić information content (AvgIpc) is 2.41. The normalized spacial score (nSPS) is 28.8. The van der Waals surface area contributed by atoms with Gasteiger partial charge in [0.1, 0.15) is 0 Å². The molecule has 3 unspecified atom stereocenters. The number of aromatic nitrogens is 1. The molecule has 3 heteroatoms. The highest BCUT2D eigenvalue weighted by Gasteiger charge is 2.32. The van der Waals surface area contributed by atoms with Gasteiger partial charge in [0.25, 0.3) is 0 Å². The number of nitrogens with one attached hydrogen (secondary N) is 1. The highest BCUT2D eigenvalue weighted by Crippen LogP contribution is 2.36. The minimum atomic E-state index is 0. The first-order valence-corrected chi connectivity index (χ1v) is 6.40. The van der Waals surface area contributed by atoms with Crippen LogP contribution in [0.3, 0.4) is 0 Å². The number of hydrogen-bond donors (Lipinski definition) is 1. The predicted molar refractivity (Wildman–Crippen MR) is 73.7 cm³/mol. The molecule has 4 rings (SSSR count). The Balaban J connectivity index is 0.00000120. The molecule has 0 spiro atoms. The Kier molecular flexibility index (Phi) is 4.02. The number of pyridine rings is 1. The molecular weight excluding hydrogens is 224 g/mol. The van der Waals surface area contributed by atoms with Gasteiger partial charge in [-0.05, 0) is 31.2 Å². The SMILES string of the molecule is C.CCOc1ccc(C2NC3C=CC2CC3)cn1. The monoisotopic (exact) mass is 246 g/mol. The van der Waals surface area contributed by atoms with Gasteiger partial charge in [0.2, 0.25) is 5.88 Å². The smallest absolute Gasteiger partial charge is 0.213 e. The lowest BCUT2D eigenvalue weighted by Gasteiger charge is -2.39. The van der Waals surface area contributed by atoms with Crippen molar-refractivity contribution in [3.05, 3.63) is 36.0 Å². The molecule has 2 aliphatic heterocycles. The van der Waals surface area contributed by atoms with Crippen molar-refractivity contribution in [1.29, 1.82) is 0 Å². The van der Waals surface area contributed by atoms with Gasteiger partial charge in [0.15, 0.2) is 0 Å². The highest BCUT2D eigenvalue weighted by atomic mass is 16.5. The Hall–Kier alpha value is -1.35. The maximum absolute atomic E-state index is 5.36. The minimum Gasteiger partial charge on any atom is -0.478 e. The second-order valence-electron chi connectivity index (χ2n) is 4.74. The molecule has 1 aliphatic carbocycles. The Bertz CT molecular complexity index is 413. The summed E-state index contributed by atoms with van der Waals surface area (Å²) in [5.41, 5.74) is 1.27. The molecule has 2 bridgehead atoms. The van der Waals surface area contributed by atoms with Gasteiger partial charge in [-0.1, -0.05) is 25.6 Å². The maximum Gasteiger partial charge on any atom is 0.213 e. The molecule has 3 atom stereocenters. The molecule has 0 saturated carbocycles. The molecular formula is C15H22N2O. The third-order valence-corrected chi connectivity index (χ3v) is 3.63. The molecule has 3 nitrogen and oxygen atoms in total. The van der Waals surface area contributed by atoms with E-state index in [-0.39, 0.29) is 7.43 Å². The third kappa shape index (κ3) is 2.41. The Morgan fingerprint density at radius 1 is 1.33 bits per heavy atom. The lowest BCUT2D eigenvalue weighted by molar-refractivity contribution is 0.274. The van der Waals surface area contributed by atoms with E-state index < -0.39 is 0 Å². The summed E-state index contributed by atoms with van der Waals surface area (Å²) in [7, 11) is 0. The van der Waals surface area contributed by atoms with Crippen LogP contribution in [0.5, 0.6) is 5.88 Å². The number of hydrogen-bond acceptors (Lipinski definition) is 3. The van der Waals surface area contributed by atoms with E-state index in [4.69, 9.17) is 4.74 Å². The lowest BCUT2D eigenvalue weighted by atomic mass is 9.79. The van der Waals surface area contributed by atoms with Crippen LogP contribution in [0.1, 0.15) is 38.8 Å². The summed E-state index contributed by atoms with van der Waals surface area (Å²) in [6.45, 7) is 2.64. The van der Waals surface area contributed by atoms with E-state index in [0.717, 1.165) is 0 Å². The summed E-state index contributed by atoms with van der Waals surface area (Å²) in [5, 5.41) is 3.65. The van der Waals surface area contributed by atoms with Crippen LogP contribution in [-0.4, -0.2) is 17.6 Å². The van der Waals surface area contributed by atoms with Gasteiger partial charge < -0.3 is 10.1 Å². The largest absolute Gasteiger partial charge is 0.478 e. The first-order chi connectivity index (χ1) is 8.36. The highest BCUT2D eigenvalue weighted by molar-refractivity contribution is 5.26. The molecule has 0 amide bonds. The molecule has 18 heavy (non-hydrogen) atoms. The summed E-state index contributed by atoms with van der Waals surface area (Å²) >= 11 is 0. The predicted octanol–water partition coefficient (Wildman–Crippen LogP) is 3.10. The maximum atomic E-state index is 5.36. The number of ether oxygens (including phenoxy) is 1. The van der Waals surface area contributed by atoms with Crippen molar-refractivity contribution >= 4 is 0 Å². The molecule has 1 saturated heterocycles. The molecule has 98 valence electrons. The number of fused-ring (bicyclic) bond motifs is 2.